The van der Waals surface area contributed by atoms with Crippen LogP contribution in [0.4, 0.5) is 0 Å². The molecule has 2 aromatic rings. The summed E-state index contributed by atoms with van der Waals surface area (Å²) in [5.41, 5.74) is 2.84. The van der Waals surface area contributed by atoms with Gasteiger partial charge in [0.2, 0.25) is 0 Å². The maximum absolute atomic E-state index is 12.0. The van der Waals surface area contributed by atoms with Crippen molar-refractivity contribution in [3.05, 3.63) is 71.3 Å². The lowest BCUT2D eigenvalue weighted by atomic mass is 10.1. The number of nitrogens with zero attached hydrogens (tertiary/aromatic N) is 1. The molecule has 0 saturated heterocycles. The van der Waals surface area contributed by atoms with Gasteiger partial charge in [-0.25, -0.2) is 4.79 Å². The number of hydrogen-bond donors (Lipinski definition) is 0. The molecule has 0 radical (unpaired) electrons. The molecule has 118 valence electrons. The summed E-state index contributed by atoms with van der Waals surface area (Å²) in [6.45, 7) is 3.88. The van der Waals surface area contributed by atoms with Gasteiger partial charge in [-0.1, -0.05) is 48.5 Å². The average Bonchev–Trinajstić information content (AvgIpc) is 2.48. The van der Waals surface area contributed by atoms with E-state index in [1.54, 1.807) is 6.07 Å². The number of rotatable bonds is 6. The number of ether oxygens (including phenoxy) is 1. The van der Waals surface area contributed by atoms with Crippen molar-refractivity contribution in [2.45, 2.75) is 13.5 Å². The number of halogens is 1. The van der Waals surface area contributed by atoms with Gasteiger partial charge in [0, 0.05) is 13.1 Å². The Kier molecular flexibility index (Phi) is 7.64. The van der Waals surface area contributed by atoms with E-state index >= 15 is 0 Å². The van der Waals surface area contributed by atoms with Crippen LogP contribution in [0.1, 0.15) is 21.5 Å². The Morgan fingerprint density at radius 2 is 1.68 bits per heavy atom. The van der Waals surface area contributed by atoms with Crippen LogP contribution < -0.4 is 12.4 Å². The molecule has 0 amide bonds. The molecule has 0 bridgehead atoms. The minimum absolute atomic E-state index is 0. The van der Waals surface area contributed by atoms with Gasteiger partial charge < -0.3 is 17.1 Å². The van der Waals surface area contributed by atoms with Crippen LogP contribution in [0, 0.1) is 6.92 Å². The quantitative estimate of drug-likeness (QED) is 0.717. The molecule has 0 saturated carbocycles. The summed E-state index contributed by atoms with van der Waals surface area (Å²) in [6.07, 6.45) is 0. The number of esters is 1. The van der Waals surface area contributed by atoms with E-state index in [9.17, 15) is 4.79 Å². The number of carbonyl (C=O) groups is 1. The van der Waals surface area contributed by atoms with Gasteiger partial charge in [0.05, 0.1) is 5.56 Å². The van der Waals surface area contributed by atoms with E-state index in [0.717, 1.165) is 12.1 Å². The highest BCUT2D eigenvalue weighted by atomic mass is 35.5. The highest BCUT2D eigenvalue weighted by Crippen LogP contribution is 2.08. The van der Waals surface area contributed by atoms with Crippen molar-refractivity contribution < 1.29 is 21.9 Å². The van der Waals surface area contributed by atoms with Crippen LogP contribution in [0.15, 0.2) is 54.6 Å². The summed E-state index contributed by atoms with van der Waals surface area (Å²) < 4.78 is 5.34. The van der Waals surface area contributed by atoms with Gasteiger partial charge in [-0.2, -0.15) is 0 Å². The fraction of sp³-hybridized carbons (Fsp3) is 0.278. The first-order valence-electron chi connectivity index (χ1n) is 7.12. The second kappa shape index (κ2) is 9.23. The second-order valence-electron chi connectivity index (χ2n) is 5.17. The van der Waals surface area contributed by atoms with Gasteiger partial charge in [0.25, 0.3) is 0 Å². The predicted molar refractivity (Wildman–Crippen MR) is 84.2 cm³/mol. The summed E-state index contributed by atoms with van der Waals surface area (Å²) in [4.78, 5) is 14.1. The SMILES string of the molecule is Cc1ccccc1C(=O)OCCN(C)Cc1ccccc1.[Cl-]. The minimum Gasteiger partial charge on any atom is -1.00 e. The van der Waals surface area contributed by atoms with Crippen molar-refractivity contribution in [3.8, 4) is 0 Å². The van der Waals surface area contributed by atoms with Crippen LogP contribution in [0.2, 0.25) is 0 Å². The van der Waals surface area contributed by atoms with Crippen molar-refractivity contribution in [3.63, 3.8) is 0 Å². The van der Waals surface area contributed by atoms with Gasteiger partial charge in [-0.3, -0.25) is 4.90 Å². The van der Waals surface area contributed by atoms with E-state index in [-0.39, 0.29) is 18.4 Å². The van der Waals surface area contributed by atoms with E-state index in [1.165, 1.54) is 5.56 Å². The Labute approximate surface area is 138 Å². The lowest BCUT2D eigenvalue weighted by molar-refractivity contribution is -0.0000243. The molecule has 0 aliphatic rings. The van der Waals surface area contributed by atoms with E-state index < -0.39 is 0 Å². The largest absolute Gasteiger partial charge is 1.00 e. The molecule has 0 heterocycles. The molecule has 0 N–H and O–H groups in total. The normalized spacial score (nSPS) is 10.1. The zero-order valence-corrected chi connectivity index (χ0v) is 13.7. The fourth-order valence-corrected chi connectivity index (χ4v) is 2.15. The Hall–Kier alpha value is -1.84. The number of benzene rings is 2. The summed E-state index contributed by atoms with van der Waals surface area (Å²) in [5, 5.41) is 0. The van der Waals surface area contributed by atoms with Crippen LogP contribution in [0.5, 0.6) is 0 Å². The summed E-state index contributed by atoms with van der Waals surface area (Å²) in [6, 6.07) is 17.7. The van der Waals surface area contributed by atoms with Gasteiger partial charge in [0.15, 0.2) is 0 Å². The molecule has 2 aromatic carbocycles. The van der Waals surface area contributed by atoms with E-state index in [2.05, 4.69) is 17.0 Å². The lowest BCUT2D eigenvalue weighted by Gasteiger charge is -2.16. The Balaban J connectivity index is 0.00000242. The molecule has 0 aromatic heterocycles. The first kappa shape index (κ1) is 18.2. The molecule has 0 atom stereocenters. The summed E-state index contributed by atoms with van der Waals surface area (Å²) in [5.74, 6) is -0.249. The van der Waals surface area contributed by atoms with Gasteiger partial charge in [0.1, 0.15) is 6.61 Å². The monoisotopic (exact) mass is 318 g/mol. The zero-order chi connectivity index (χ0) is 15.1. The van der Waals surface area contributed by atoms with Crippen LogP contribution in [0.25, 0.3) is 0 Å². The third kappa shape index (κ3) is 5.51. The fourth-order valence-electron chi connectivity index (χ4n) is 2.15. The number of hydrogen-bond acceptors (Lipinski definition) is 3. The first-order chi connectivity index (χ1) is 10.2. The molecule has 4 heteroatoms. The zero-order valence-electron chi connectivity index (χ0n) is 13.0. The molecule has 0 fully saturated rings. The maximum atomic E-state index is 12.0. The topological polar surface area (TPSA) is 29.5 Å². The highest BCUT2D eigenvalue weighted by Gasteiger charge is 2.09. The van der Waals surface area contributed by atoms with E-state index in [1.807, 2.05) is 50.4 Å². The van der Waals surface area contributed by atoms with Gasteiger partial charge in [-0.15, -0.1) is 0 Å². The molecular formula is C18H21ClNO2-. The smallest absolute Gasteiger partial charge is 0.338 e. The number of aryl methyl sites for hydroxylation is 1. The third-order valence-corrected chi connectivity index (χ3v) is 3.37. The molecular weight excluding hydrogens is 298 g/mol. The van der Waals surface area contributed by atoms with E-state index in [4.69, 9.17) is 4.74 Å². The van der Waals surface area contributed by atoms with Crippen molar-refractivity contribution >= 4 is 5.97 Å². The standard InChI is InChI=1S/C18H21NO2.ClH/c1-15-8-6-7-11-17(15)18(20)21-13-12-19(2)14-16-9-4-3-5-10-16;/h3-11H,12-14H2,1-2H3;1H/p-1. The second-order valence-corrected chi connectivity index (χ2v) is 5.17. The van der Waals surface area contributed by atoms with Gasteiger partial charge in [-0.05, 0) is 31.2 Å². The van der Waals surface area contributed by atoms with Crippen molar-refractivity contribution in [1.29, 1.82) is 0 Å². The molecule has 22 heavy (non-hydrogen) atoms. The van der Waals surface area contributed by atoms with Crippen molar-refractivity contribution in [2.75, 3.05) is 20.2 Å². The van der Waals surface area contributed by atoms with Crippen LogP contribution >= 0.6 is 0 Å². The van der Waals surface area contributed by atoms with Crippen LogP contribution in [0.3, 0.4) is 0 Å². The number of likely N-dealkylation sites (N-methyl/N-ethyl adjacent to an activating group) is 1. The van der Waals surface area contributed by atoms with Crippen LogP contribution in [-0.2, 0) is 11.3 Å². The average molecular weight is 319 g/mol. The summed E-state index contributed by atoms with van der Waals surface area (Å²) in [7, 11) is 2.02. The lowest BCUT2D eigenvalue weighted by Crippen LogP contribution is -3.00. The van der Waals surface area contributed by atoms with E-state index in [0.29, 0.717) is 18.7 Å². The minimum atomic E-state index is -0.249. The Morgan fingerprint density at radius 3 is 2.36 bits per heavy atom. The van der Waals surface area contributed by atoms with Crippen molar-refractivity contribution in [2.24, 2.45) is 0 Å². The molecule has 0 aliphatic heterocycles. The first-order valence-corrected chi connectivity index (χ1v) is 7.12. The number of carbonyl (C=O) groups excluding carboxylic acids is 1. The third-order valence-electron chi connectivity index (χ3n) is 3.37. The molecule has 0 spiro atoms. The molecule has 0 aliphatic carbocycles. The molecule has 0 unspecified atom stereocenters. The Morgan fingerprint density at radius 1 is 1.05 bits per heavy atom. The van der Waals surface area contributed by atoms with Gasteiger partial charge >= 0.3 is 5.97 Å². The Bertz CT molecular complexity index is 587. The van der Waals surface area contributed by atoms with Crippen molar-refractivity contribution in [1.82, 2.24) is 4.90 Å². The molecule has 3 nitrogen and oxygen atoms in total. The summed E-state index contributed by atoms with van der Waals surface area (Å²) >= 11 is 0. The highest BCUT2D eigenvalue weighted by molar-refractivity contribution is 5.90. The van der Waals surface area contributed by atoms with Crippen LogP contribution in [-0.4, -0.2) is 31.1 Å². The maximum Gasteiger partial charge on any atom is 0.338 e. The predicted octanol–water partition coefficient (Wildman–Crippen LogP) is 0.288. The molecule has 2 rings (SSSR count).